The third kappa shape index (κ3) is 2.45. The van der Waals surface area contributed by atoms with E-state index < -0.39 is 17.5 Å². The highest BCUT2D eigenvalue weighted by Crippen LogP contribution is 2.31. The summed E-state index contributed by atoms with van der Waals surface area (Å²) in [5.74, 6) is 0.182. The van der Waals surface area contributed by atoms with Crippen LogP contribution in [0.1, 0.15) is 19.6 Å². The molecule has 0 amide bonds. The van der Waals surface area contributed by atoms with E-state index in [1.807, 2.05) is 29.5 Å². The van der Waals surface area contributed by atoms with Gasteiger partial charge in [-0.3, -0.25) is 14.3 Å². The van der Waals surface area contributed by atoms with Crippen LogP contribution in [0.3, 0.4) is 0 Å². The molecule has 0 saturated carbocycles. The number of ether oxygens (including phenoxy) is 1. The molecule has 0 radical (unpaired) electrons. The van der Waals surface area contributed by atoms with Crippen LogP contribution in [-0.4, -0.2) is 27.4 Å². The van der Waals surface area contributed by atoms with E-state index >= 15 is 0 Å². The molecule has 1 aliphatic rings. The molecule has 1 aromatic heterocycles. The average Bonchev–Trinajstić information content (AvgIpc) is 2.65. The van der Waals surface area contributed by atoms with E-state index in [1.54, 1.807) is 0 Å². The second-order valence-electron chi connectivity index (χ2n) is 4.17. The predicted molar refractivity (Wildman–Crippen MR) is 68.8 cm³/mol. The minimum absolute atomic E-state index is 0.0626. The molecule has 3 atom stereocenters. The van der Waals surface area contributed by atoms with Crippen LogP contribution in [-0.2, 0) is 4.74 Å². The molecular weight excluding hydrogens is 339 g/mol. The summed E-state index contributed by atoms with van der Waals surface area (Å²) in [6.07, 6.45) is 1.46. The van der Waals surface area contributed by atoms with Gasteiger partial charge >= 0.3 is 5.69 Å². The predicted octanol–water partition coefficient (Wildman–Crippen LogP) is 0.0571. The lowest BCUT2D eigenvalue weighted by atomic mass is 10.0. The molecule has 2 rings (SSSR count). The molecule has 2 N–H and O–H groups in total. The van der Waals surface area contributed by atoms with Crippen molar-refractivity contribution in [2.45, 2.75) is 25.7 Å². The fourth-order valence-corrected chi connectivity index (χ4v) is 2.37. The van der Waals surface area contributed by atoms with Crippen molar-refractivity contribution in [2.75, 3.05) is 6.61 Å². The van der Waals surface area contributed by atoms with E-state index in [1.165, 1.54) is 10.8 Å². The third-order valence-electron chi connectivity index (χ3n) is 2.95. The number of nitrogens with one attached hydrogen (secondary N) is 1. The molecule has 0 aliphatic carbocycles. The largest absolute Gasteiger partial charge is 0.394 e. The van der Waals surface area contributed by atoms with Crippen molar-refractivity contribution in [3.63, 3.8) is 0 Å². The van der Waals surface area contributed by atoms with Crippen LogP contribution in [0, 0.1) is 9.49 Å². The van der Waals surface area contributed by atoms with Crippen molar-refractivity contribution >= 4 is 22.6 Å². The zero-order valence-electron chi connectivity index (χ0n) is 9.22. The van der Waals surface area contributed by atoms with Crippen molar-refractivity contribution in [1.29, 1.82) is 0 Å². The van der Waals surface area contributed by atoms with Gasteiger partial charge in [-0.2, -0.15) is 0 Å². The highest BCUT2D eigenvalue weighted by atomic mass is 127. The van der Waals surface area contributed by atoms with Crippen LogP contribution in [0.5, 0.6) is 0 Å². The van der Waals surface area contributed by atoms with Crippen molar-refractivity contribution in [3.8, 4) is 0 Å². The first-order chi connectivity index (χ1) is 8.02. The lowest BCUT2D eigenvalue weighted by Crippen LogP contribution is -2.33. The number of aromatic amines is 1. The van der Waals surface area contributed by atoms with Crippen LogP contribution in [0.4, 0.5) is 0 Å². The Balaban J connectivity index is 2.34. The Hall–Kier alpha value is -0.670. The van der Waals surface area contributed by atoms with Gasteiger partial charge in [0.2, 0.25) is 0 Å². The molecule has 2 heterocycles. The van der Waals surface area contributed by atoms with Crippen LogP contribution in [0.25, 0.3) is 0 Å². The lowest BCUT2D eigenvalue weighted by Gasteiger charge is -2.14. The van der Waals surface area contributed by atoms with Gasteiger partial charge in [0.25, 0.3) is 5.56 Å². The summed E-state index contributed by atoms with van der Waals surface area (Å²) < 4.78 is 7.38. The zero-order valence-corrected chi connectivity index (χ0v) is 11.4. The standard InChI is InChI=1S/C10H13IN2O4/c1-5-2-8(17-7(5)4-14)13-3-6(11)9(15)12-10(13)16/h3,5,7-8,14H,2,4H2,1H3,(H,12,15,16). The monoisotopic (exact) mass is 352 g/mol. The van der Waals surface area contributed by atoms with Crippen LogP contribution in [0.2, 0.25) is 0 Å². The first-order valence-electron chi connectivity index (χ1n) is 5.30. The normalized spacial score (nSPS) is 28.5. The summed E-state index contributed by atoms with van der Waals surface area (Å²) in [6.45, 7) is 1.90. The third-order valence-corrected chi connectivity index (χ3v) is 3.72. The molecule has 1 saturated heterocycles. The second kappa shape index (κ2) is 4.91. The van der Waals surface area contributed by atoms with Crippen molar-refractivity contribution in [1.82, 2.24) is 9.55 Å². The van der Waals surface area contributed by atoms with Crippen LogP contribution >= 0.6 is 22.6 Å². The Kier molecular flexibility index (Phi) is 3.69. The van der Waals surface area contributed by atoms with Gasteiger partial charge in [0.15, 0.2) is 0 Å². The lowest BCUT2D eigenvalue weighted by molar-refractivity contribution is -0.0314. The SMILES string of the molecule is CC1CC(n2cc(I)c(=O)[nH]c2=O)OC1CO. The van der Waals surface area contributed by atoms with Crippen LogP contribution < -0.4 is 11.2 Å². The molecular formula is C10H13IN2O4. The molecule has 7 heteroatoms. The number of nitrogens with zero attached hydrogens (tertiary/aromatic N) is 1. The van der Waals surface area contributed by atoms with Gasteiger partial charge < -0.3 is 9.84 Å². The van der Waals surface area contributed by atoms with E-state index in [2.05, 4.69) is 4.98 Å². The van der Waals surface area contributed by atoms with Crippen molar-refractivity contribution < 1.29 is 9.84 Å². The number of hydrogen-bond donors (Lipinski definition) is 2. The summed E-state index contributed by atoms with van der Waals surface area (Å²) in [4.78, 5) is 25.1. The number of halogens is 1. The van der Waals surface area contributed by atoms with Gasteiger partial charge in [0.05, 0.1) is 16.3 Å². The number of aliphatic hydroxyl groups excluding tert-OH is 1. The van der Waals surface area contributed by atoms with Gasteiger partial charge in [-0.1, -0.05) is 6.92 Å². The van der Waals surface area contributed by atoms with E-state index in [4.69, 9.17) is 9.84 Å². The summed E-state index contributed by atoms with van der Waals surface area (Å²) in [5.41, 5.74) is -0.872. The first kappa shape index (κ1) is 12.8. The Morgan fingerprint density at radius 2 is 2.35 bits per heavy atom. The molecule has 1 aliphatic heterocycles. The van der Waals surface area contributed by atoms with Gasteiger partial charge in [-0.15, -0.1) is 0 Å². The second-order valence-corrected chi connectivity index (χ2v) is 5.33. The van der Waals surface area contributed by atoms with Crippen LogP contribution in [0.15, 0.2) is 15.8 Å². The van der Waals surface area contributed by atoms with E-state index in [0.29, 0.717) is 9.99 Å². The van der Waals surface area contributed by atoms with Gasteiger partial charge in [-0.05, 0) is 34.9 Å². The molecule has 17 heavy (non-hydrogen) atoms. The Morgan fingerprint density at radius 1 is 1.65 bits per heavy atom. The molecule has 0 bridgehead atoms. The smallest absolute Gasteiger partial charge is 0.330 e. The summed E-state index contributed by atoms with van der Waals surface area (Å²) in [7, 11) is 0. The molecule has 1 fully saturated rings. The summed E-state index contributed by atoms with van der Waals surface area (Å²) in [5, 5.41) is 9.10. The van der Waals surface area contributed by atoms with E-state index in [9.17, 15) is 9.59 Å². The van der Waals surface area contributed by atoms with Gasteiger partial charge in [0, 0.05) is 6.20 Å². The maximum absolute atomic E-state index is 11.6. The molecule has 3 unspecified atom stereocenters. The highest BCUT2D eigenvalue weighted by molar-refractivity contribution is 14.1. The highest BCUT2D eigenvalue weighted by Gasteiger charge is 2.33. The minimum atomic E-state index is -0.480. The number of aromatic nitrogens is 2. The minimum Gasteiger partial charge on any atom is -0.394 e. The number of hydrogen-bond acceptors (Lipinski definition) is 4. The van der Waals surface area contributed by atoms with Gasteiger partial charge in [0.1, 0.15) is 6.23 Å². The fraction of sp³-hybridized carbons (Fsp3) is 0.600. The molecule has 0 aromatic carbocycles. The molecule has 1 aromatic rings. The molecule has 0 spiro atoms. The summed E-state index contributed by atoms with van der Waals surface area (Å²) >= 11 is 1.86. The van der Waals surface area contributed by atoms with Gasteiger partial charge in [-0.25, -0.2) is 4.79 Å². The number of H-pyrrole nitrogens is 1. The molecule has 94 valence electrons. The van der Waals surface area contributed by atoms with E-state index in [-0.39, 0.29) is 18.6 Å². The maximum Gasteiger partial charge on any atom is 0.330 e. The number of rotatable bonds is 2. The Bertz CT molecular complexity index is 524. The molecule has 6 nitrogen and oxygen atoms in total. The quantitative estimate of drug-likeness (QED) is 0.738. The Labute approximate surface area is 111 Å². The topological polar surface area (TPSA) is 84.3 Å². The van der Waals surface area contributed by atoms with Crippen molar-refractivity contribution in [3.05, 3.63) is 30.6 Å². The van der Waals surface area contributed by atoms with E-state index in [0.717, 1.165) is 0 Å². The van der Waals surface area contributed by atoms with Crippen molar-refractivity contribution in [2.24, 2.45) is 5.92 Å². The Morgan fingerprint density at radius 3 is 2.94 bits per heavy atom. The fourth-order valence-electron chi connectivity index (χ4n) is 1.94. The first-order valence-corrected chi connectivity index (χ1v) is 6.38. The zero-order chi connectivity index (χ0) is 12.6. The maximum atomic E-state index is 11.6. The average molecular weight is 352 g/mol. The summed E-state index contributed by atoms with van der Waals surface area (Å²) in [6, 6.07) is 0. The number of aliphatic hydroxyl groups is 1.